The maximum absolute atomic E-state index is 15.3. The van der Waals surface area contributed by atoms with E-state index in [0.29, 0.717) is 0 Å². The molecule has 4 aromatic rings. The Labute approximate surface area is 237 Å². The van der Waals surface area contributed by atoms with Gasteiger partial charge in [0, 0.05) is 47.8 Å². The summed E-state index contributed by atoms with van der Waals surface area (Å²) in [6.07, 6.45) is 5.19. The Morgan fingerprint density at radius 1 is 0.421 bits per heavy atom. The molecule has 0 saturated heterocycles. The largest absolute Gasteiger partial charge is 0.265 e. The molecule has 0 amide bonds. The first kappa shape index (κ1) is 27.2. The summed E-state index contributed by atoms with van der Waals surface area (Å²) in [5, 5.41) is 0. The van der Waals surface area contributed by atoms with Crippen LogP contribution in [0.25, 0.3) is 0 Å². The summed E-state index contributed by atoms with van der Waals surface area (Å²) in [5.74, 6) is -18.6. The van der Waals surface area contributed by atoms with E-state index >= 15 is 17.6 Å². The zero-order valence-corrected chi connectivity index (χ0v) is 22.9. The molecule has 0 radical (unpaired) electrons. The first-order chi connectivity index (χ1) is 18.1. The van der Waals surface area contributed by atoms with Crippen molar-refractivity contribution in [2.75, 3.05) is 0 Å². The minimum atomic E-state index is -1.67. The van der Waals surface area contributed by atoms with Gasteiger partial charge in [0.15, 0.2) is 46.5 Å². The van der Waals surface area contributed by atoms with Gasteiger partial charge in [-0.15, -0.1) is 0 Å². The van der Waals surface area contributed by atoms with Crippen LogP contribution in [-0.4, -0.2) is 9.97 Å². The summed E-state index contributed by atoms with van der Waals surface area (Å²) in [6, 6.07) is 5.55. The minimum absolute atomic E-state index is 0.233. The van der Waals surface area contributed by atoms with Gasteiger partial charge < -0.3 is 0 Å². The van der Waals surface area contributed by atoms with Gasteiger partial charge in [-0.3, -0.25) is 9.97 Å². The monoisotopic (exact) mass is 758 g/mol. The smallest absolute Gasteiger partial charge is 0.175 e. The van der Waals surface area contributed by atoms with Crippen LogP contribution in [0.1, 0.15) is 45.9 Å². The molecule has 12 heteroatoms. The molecule has 1 aliphatic carbocycles. The van der Waals surface area contributed by atoms with Crippen molar-refractivity contribution in [2.45, 2.75) is 23.7 Å². The quantitative estimate of drug-likeness (QED) is 0.0908. The molecule has 0 aliphatic heterocycles. The third kappa shape index (κ3) is 4.09. The van der Waals surface area contributed by atoms with Crippen LogP contribution in [0.15, 0.2) is 49.1 Å². The van der Waals surface area contributed by atoms with Gasteiger partial charge in [0.25, 0.3) is 0 Å². The van der Waals surface area contributed by atoms with Crippen LogP contribution in [0, 0.1) is 53.7 Å². The van der Waals surface area contributed by atoms with E-state index in [2.05, 4.69) is 9.97 Å². The lowest BCUT2D eigenvalue weighted by Crippen LogP contribution is -2.42. The van der Waals surface area contributed by atoms with Crippen LogP contribution >= 0.6 is 45.2 Å². The molecule has 38 heavy (non-hydrogen) atoms. The fourth-order valence-corrected chi connectivity index (χ4v) is 6.24. The number of halogens is 10. The average Bonchev–Trinajstić information content (AvgIpc) is 2.92. The highest BCUT2D eigenvalue weighted by atomic mass is 127. The molecule has 0 atom stereocenters. The molecule has 0 bridgehead atoms. The Morgan fingerprint density at radius 3 is 0.947 bits per heavy atom. The number of aromatic nitrogens is 2. The van der Waals surface area contributed by atoms with E-state index in [1.807, 2.05) is 0 Å². The Morgan fingerprint density at radius 2 is 0.684 bits per heavy atom. The number of rotatable bonds is 4. The summed E-state index contributed by atoms with van der Waals surface area (Å²) in [4.78, 5) is 7.72. The molecule has 2 nitrogen and oxygen atoms in total. The van der Waals surface area contributed by atoms with Crippen LogP contribution in [0.4, 0.5) is 35.1 Å². The van der Waals surface area contributed by atoms with Crippen molar-refractivity contribution in [3.8, 4) is 0 Å². The summed E-state index contributed by atoms with van der Waals surface area (Å²) in [7, 11) is 0. The van der Waals surface area contributed by atoms with Gasteiger partial charge in [0.1, 0.15) is 0 Å². The van der Waals surface area contributed by atoms with Crippen LogP contribution < -0.4 is 0 Å². The fraction of sp³-hybridized carbons (Fsp3) is 0.154. The third-order valence-corrected chi connectivity index (χ3v) is 8.78. The van der Waals surface area contributed by atoms with Crippen molar-refractivity contribution in [3.05, 3.63) is 125 Å². The molecule has 2 aromatic carbocycles. The summed E-state index contributed by atoms with van der Waals surface area (Å²) in [6.45, 7) is 0. The summed E-state index contributed by atoms with van der Waals surface area (Å²) in [5.41, 5.74) is -1.49. The molecule has 1 saturated carbocycles. The van der Waals surface area contributed by atoms with Gasteiger partial charge in [-0.2, -0.15) is 0 Å². The second kappa shape index (κ2) is 10.3. The standard InChI is InChI=1S/C26H12F8I2N2/c27-17-15(18(28)22(32)25(35)21(17)31)13-11(9-1-5-37-6-2-9)14(12(13)10-3-7-38-8-4-10)16-19(29)23(33)26(36)24(34)20(16)30/h1-8,11-14H. The summed E-state index contributed by atoms with van der Waals surface area (Å²) >= 11 is 2.25. The van der Waals surface area contributed by atoms with Crippen LogP contribution in [-0.2, 0) is 0 Å². The second-order valence-corrected chi connectivity index (χ2v) is 10.8. The first-order valence-corrected chi connectivity index (χ1v) is 13.1. The molecule has 0 spiro atoms. The van der Waals surface area contributed by atoms with E-state index in [-0.39, 0.29) is 11.1 Å². The maximum Gasteiger partial charge on any atom is 0.175 e. The molecule has 196 valence electrons. The number of hydrogen-bond donors (Lipinski definition) is 0. The normalized spacial score (nSPS) is 20.9. The second-order valence-electron chi connectivity index (χ2n) is 8.63. The van der Waals surface area contributed by atoms with Gasteiger partial charge >= 0.3 is 0 Å². The van der Waals surface area contributed by atoms with Crippen molar-refractivity contribution in [2.24, 2.45) is 0 Å². The topological polar surface area (TPSA) is 25.8 Å². The predicted molar refractivity (Wildman–Crippen MR) is 137 cm³/mol. The van der Waals surface area contributed by atoms with Crippen molar-refractivity contribution >= 4 is 45.2 Å². The van der Waals surface area contributed by atoms with Gasteiger partial charge in [0.05, 0.1) is 7.14 Å². The van der Waals surface area contributed by atoms with E-state index in [0.717, 1.165) is 45.2 Å². The number of hydrogen-bond acceptors (Lipinski definition) is 2. The highest BCUT2D eigenvalue weighted by molar-refractivity contribution is 14.1. The zero-order chi connectivity index (χ0) is 27.5. The first-order valence-electron chi connectivity index (χ1n) is 10.9. The minimum Gasteiger partial charge on any atom is -0.265 e. The van der Waals surface area contributed by atoms with Crippen molar-refractivity contribution in [1.82, 2.24) is 9.97 Å². The Hall–Kier alpha value is -2.36. The number of nitrogens with zero attached hydrogens (tertiary/aromatic N) is 2. The number of pyridine rings is 2. The van der Waals surface area contributed by atoms with Gasteiger partial charge in [-0.25, -0.2) is 35.1 Å². The van der Waals surface area contributed by atoms with Crippen LogP contribution in [0.3, 0.4) is 0 Å². The van der Waals surface area contributed by atoms with E-state index in [1.165, 1.54) is 49.1 Å². The van der Waals surface area contributed by atoms with Crippen LogP contribution in [0.5, 0.6) is 0 Å². The maximum atomic E-state index is 15.3. The van der Waals surface area contributed by atoms with Crippen molar-refractivity contribution in [3.63, 3.8) is 0 Å². The number of benzene rings is 2. The molecule has 1 fully saturated rings. The summed E-state index contributed by atoms with van der Waals surface area (Å²) < 4.78 is 118. The van der Waals surface area contributed by atoms with Gasteiger partial charge in [0.2, 0.25) is 0 Å². The highest BCUT2D eigenvalue weighted by Gasteiger charge is 2.57. The average molecular weight is 758 g/mol. The lowest BCUT2D eigenvalue weighted by Gasteiger charge is -2.53. The fourth-order valence-electron chi connectivity index (χ4n) is 5.30. The van der Waals surface area contributed by atoms with Crippen molar-refractivity contribution < 1.29 is 35.1 Å². The lowest BCUT2D eigenvalue weighted by atomic mass is 9.49. The lowest BCUT2D eigenvalue weighted by molar-refractivity contribution is 0.201. The molecule has 0 unspecified atom stereocenters. The molecular formula is C26H12F8I2N2. The Bertz CT molecular complexity index is 1370. The SMILES string of the molecule is Fc1c(F)c(C2C(c3ccncc3)C(c3c(F)c(F)c(I)c(F)c3F)C2c2ccncc2)c(F)c(F)c1I. The van der Waals surface area contributed by atoms with E-state index in [4.69, 9.17) is 0 Å². The third-order valence-electron chi connectivity index (χ3n) is 6.88. The zero-order valence-electron chi connectivity index (χ0n) is 18.6. The molecule has 2 heterocycles. The van der Waals surface area contributed by atoms with E-state index in [9.17, 15) is 17.6 Å². The molecule has 0 N–H and O–H groups in total. The van der Waals surface area contributed by atoms with Gasteiger partial charge in [-0.05, 0) is 92.4 Å². The van der Waals surface area contributed by atoms with E-state index in [1.54, 1.807) is 0 Å². The Balaban J connectivity index is 1.85. The molecule has 5 rings (SSSR count). The van der Waals surface area contributed by atoms with Crippen molar-refractivity contribution in [1.29, 1.82) is 0 Å². The predicted octanol–water partition coefficient (Wildman–Crippen LogP) is 8.25. The van der Waals surface area contributed by atoms with Crippen LogP contribution in [0.2, 0.25) is 0 Å². The van der Waals surface area contributed by atoms with E-state index < -0.39 is 88.5 Å². The molecule has 2 aromatic heterocycles. The molecule has 1 aliphatic rings. The molecular weight excluding hydrogens is 746 g/mol. The Kier molecular flexibility index (Phi) is 7.39. The van der Waals surface area contributed by atoms with Gasteiger partial charge in [-0.1, -0.05) is 0 Å². The highest BCUT2D eigenvalue weighted by Crippen LogP contribution is 2.68.